The zero-order valence-electron chi connectivity index (χ0n) is 17.6. The Balaban J connectivity index is 2.07. The first kappa shape index (κ1) is 23.1. The van der Waals surface area contributed by atoms with Crippen molar-refractivity contribution >= 4 is 27.5 Å². The summed E-state index contributed by atoms with van der Waals surface area (Å²) in [6, 6.07) is 9.98. The van der Waals surface area contributed by atoms with Crippen LogP contribution in [0.15, 0.2) is 47.1 Å². The number of halogens is 3. The maximum atomic E-state index is 13.0. The number of carbonyl (C=O) groups excluding carboxylic acids is 1. The molecule has 0 spiro atoms. The third-order valence-corrected chi connectivity index (χ3v) is 4.73. The van der Waals surface area contributed by atoms with Gasteiger partial charge in [-0.05, 0) is 61.8 Å². The van der Waals surface area contributed by atoms with E-state index in [0.29, 0.717) is 22.6 Å². The number of esters is 1. The zero-order valence-corrected chi connectivity index (χ0v) is 19.2. The number of aromatic nitrogens is 2. The first-order valence-electron chi connectivity index (χ1n) is 9.56. The van der Waals surface area contributed by atoms with E-state index in [2.05, 4.69) is 20.9 Å². The van der Waals surface area contributed by atoms with Crippen LogP contribution in [-0.2, 0) is 14.3 Å². The first-order chi connectivity index (χ1) is 14.5. The fourth-order valence-electron chi connectivity index (χ4n) is 3.21. The van der Waals surface area contributed by atoms with Gasteiger partial charge in [0.05, 0.1) is 11.4 Å². The standard InChI is InChI=1S/C22H23BrF2N2O4/c1-13-19(27-11-14(23)9-10-17(27)26-13)20(29-12-18(28)31-22(2,3)4)15-7-5-6-8-16(15)30-21(24)25/h5-11,20-21H,12H2,1-4H3. The number of ether oxygens (including phenoxy) is 3. The van der Waals surface area contributed by atoms with Crippen molar-refractivity contribution in [3.63, 3.8) is 0 Å². The molecule has 6 nitrogen and oxygen atoms in total. The van der Waals surface area contributed by atoms with Crippen LogP contribution < -0.4 is 4.74 Å². The Labute approximate surface area is 187 Å². The van der Waals surface area contributed by atoms with Crippen molar-refractivity contribution < 1.29 is 27.8 Å². The van der Waals surface area contributed by atoms with Crippen LogP contribution in [0.25, 0.3) is 5.65 Å². The molecule has 0 saturated carbocycles. The van der Waals surface area contributed by atoms with E-state index in [9.17, 15) is 13.6 Å². The maximum Gasteiger partial charge on any atom is 0.387 e. The maximum absolute atomic E-state index is 13.0. The quantitative estimate of drug-likeness (QED) is 0.406. The minimum atomic E-state index is -3.01. The number of aryl methyl sites for hydroxylation is 1. The van der Waals surface area contributed by atoms with E-state index in [4.69, 9.17) is 14.2 Å². The number of rotatable bonds is 7. The molecule has 0 bridgehead atoms. The number of benzene rings is 1. The van der Waals surface area contributed by atoms with E-state index in [-0.39, 0.29) is 12.4 Å². The molecule has 1 atom stereocenters. The van der Waals surface area contributed by atoms with Crippen LogP contribution in [0.5, 0.6) is 5.75 Å². The summed E-state index contributed by atoms with van der Waals surface area (Å²) < 4.78 is 44.6. The molecule has 0 N–H and O–H groups in total. The highest BCUT2D eigenvalue weighted by molar-refractivity contribution is 9.10. The van der Waals surface area contributed by atoms with Gasteiger partial charge in [0.2, 0.25) is 0 Å². The van der Waals surface area contributed by atoms with Crippen LogP contribution in [0.4, 0.5) is 8.78 Å². The molecule has 0 radical (unpaired) electrons. The minimum Gasteiger partial charge on any atom is -0.458 e. The number of para-hydroxylation sites is 1. The lowest BCUT2D eigenvalue weighted by Crippen LogP contribution is -2.27. The lowest BCUT2D eigenvalue weighted by Gasteiger charge is -2.23. The van der Waals surface area contributed by atoms with Gasteiger partial charge in [-0.1, -0.05) is 18.2 Å². The second-order valence-corrected chi connectivity index (χ2v) is 8.77. The van der Waals surface area contributed by atoms with Crippen LogP contribution in [0, 0.1) is 6.92 Å². The van der Waals surface area contributed by atoms with Crippen molar-refractivity contribution in [2.24, 2.45) is 0 Å². The number of pyridine rings is 1. The summed E-state index contributed by atoms with van der Waals surface area (Å²) in [6.45, 7) is 3.65. The topological polar surface area (TPSA) is 62.1 Å². The SMILES string of the molecule is Cc1nc2ccc(Br)cn2c1C(OCC(=O)OC(C)(C)C)c1ccccc1OC(F)F. The van der Waals surface area contributed by atoms with E-state index >= 15 is 0 Å². The van der Waals surface area contributed by atoms with Crippen molar-refractivity contribution in [1.29, 1.82) is 0 Å². The fourth-order valence-corrected chi connectivity index (χ4v) is 3.55. The van der Waals surface area contributed by atoms with Gasteiger partial charge >= 0.3 is 12.6 Å². The molecule has 1 aromatic carbocycles. The highest BCUT2D eigenvalue weighted by Crippen LogP contribution is 2.36. The predicted molar refractivity (Wildman–Crippen MR) is 114 cm³/mol. The Morgan fingerprint density at radius 3 is 2.58 bits per heavy atom. The Morgan fingerprint density at radius 1 is 1.19 bits per heavy atom. The molecular weight excluding hydrogens is 474 g/mol. The van der Waals surface area contributed by atoms with Crippen molar-refractivity contribution in [1.82, 2.24) is 9.38 Å². The normalized spacial score (nSPS) is 12.9. The number of nitrogens with zero attached hydrogens (tertiary/aromatic N) is 2. The van der Waals surface area contributed by atoms with E-state index in [1.54, 1.807) is 56.5 Å². The summed E-state index contributed by atoms with van der Waals surface area (Å²) >= 11 is 3.44. The van der Waals surface area contributed by atoms with Gasteiger partial charge in [-0.25, -0.2) is 9.78 Å². The van der Waals surface area contributed by atoms with Gasteiger partial charge in [-0.15, -0.1) is 0 Å². The van der Waals surface area contributed by atoms with E-state index in [0.717, 1.165) is 4.47 Å². The molecule has 0 aliphatic carbocycles. The number of hydrogen-bond acceptors (Lipinski definition) is 5. The second-order valence-electron chi connectivity index (χ2n) is 7.85. The lowest BCUT2D eigenvalue weighted by atomic mass is 10.0. The van der Waals surface area contributed by atoms with Gasteiger partial charge in [0.1, 0.15) is 29.7 Å². The van der Waals surface area contributed by atoms with Crippen LogP contribution in [0.1, 0.15) is 43.8 Å². The number of alkyl halides is 2. The lowest BCUT2D eigenvalue weighted by molar-refractivity contribution is -0.161. The van der Waals surface area contributed by atoms with Crippen molar-refractivity contribution in [2.45, 2.75) is 46.0 Å². The smallest absolute Gasteiger partial charge is 0.387 e. The molecule has 3 aromatic rings. The molecule has 0 aliphatic heterocycles. The van der Waals surface area contributed by atoms with Crippen LogP contribution >= 0.6 is 15.9 Å². The van der Waals surface area contributed by atoms with Gasteiger partial charge in [0, 0.05) is 16.2 Å². The van der Waals surface area contributed by atoms with Crippen molar-refractivity contribution in [3.8, 4) is 5.75 Å². The number of hydrogen-bond donors (Lipinski definition) is 0. The van der Waals surface area contributed by atoms with E-state index in [1.807, 2.05) is 12.1 Å². The average Bonchev–Trinajstić information content (AvgIpc) is 2.97. The fraction of sp³-hybridized carbons (Fsp3) is 0.364. The summed E-state index contributed by atoms with van der Waals surface area (Å²) in [6.07, 6.45) is 0.886. The van der Waals surface area contributed by atoms with E-state index < -0.39 is 24.3 Å². The molecule has 0 fully saturated rings. The molecule has 0 saturated heterocycles. The molecule has 0 amide bonds. The van der Waals surface area contributed by atoms with Gasteiger partial charge in [-0.3, -0.25) is 4.40 Å². The number of fused-ring (bicyclic) bond motifs is 1. The van der Waals surface area contributed by atoms with Crippen LogP contribution in [0.2, 0.25) is 0 Å². The Kier molecular flexibility index (Phi) is 6.96. The van der Waals surface area contributed by atoms with Crippen molar-refractivity contribution in [3.05, 3.63) is 64.0 Å². The van der Waals surface area contributed by atoms with Crippen molar-refractivity contribution in [2.75, 3.05) is 6.61 Å². The largest absolute Gasteiger partial charge is 0.458 e. The second kappa shape index (κ2) is 9.32. The van der Waals surface area contributed by atoms with Gasteiger partial charge < -0.3 is 14.2 Å². The summed E-state index contributed by atoms with van der Waals surface area (Å²) in [5, 5.41) is 0. The van der Waals surface area contributed by atoms with Crippen LogP contribution in [-0.4, -0.2) is 34.2 Å². The molecule has 31 heavy (non-hydrogen) atoms. The third-order valence-electron chi connectivity index (χ3n) is 4.26. The molecule has 3 rings (SSSR count). The molecule has 9 heteroatoms. The highest BCUT2D eigenvalue weighted by atomic mass is 79.9. The molecule has 0 aliphatic rings. The molecule has 1 unspecified atom stereocenters. The Morgan fingerprint density at radius 2 is 1.90 bits per heavy atom. The summed E-state index contributed by atoms with van der Waals surface area (Å²) in [5.41, 5.74) is 1.52. The van der Waals surface area contributed by atoms with E-state index in [1.165, 1.54) is 6.07 Å². The average molecular weight is 497 g/mol. The number of imidazole rings is 1. The summed E-state index contributed by atoms with van der Waals surface area (Å²) in [7, 11) is 0. The van der Waals surface area contributed by atoms with Gasteiger partial charge in [0.15, 0.2) is 0 Å². The monoisotopic (exact) mass is 496 g/mol. The molecule has 2 heterocycles. The van der Waals surface area contributed by atoms with Gasteiger partial charge in [0.25, 0.3) is 0 Å². The Hall–Kier alpha value is -2.52. The van der Waals surface area contributed by atoms with Gasteiger partial charge in [-0.2, -0.15) is 8.78 Å². The molecule has 166 valence electrons. The summed E-state index contributed by atoms with van der Waals surface area (Å²) in [5.74, 6) is -0.617. The third kappa shape index (κ3) is 5.80. The first-order valence-corrected chi connectivity index (χ1v) is 10.4. The zero-order chi connectivity index (χ0) is 22.8. The predicted octanol–water partition coefficient (Wildman–Crippen LogP) is 5.45. The highest BCUT2D eigenvalue weighted by Gasteiger charge is 2.28. The number of carbonyl (C=O) groups is 1. The summed E-state index contributed by atoms with van der Waals surface area (Å²) in [4.78, 5) is 16.8. The molecular formula is C22H23BrF2N2O4. The minimum absolute atomic E-state index is 0.0453. The molecule has 2 aromatic heterocycles. The van der Waals surface area contributed by atoms with Crippen LogP contribution in [0.3, 0.4) is 0 Å². The Bertz CT molecular complexity index is 1080.